The summed E-state index contributed by atoms with van der Waals surface area (Å²) in [6, 6.07) is 6.50. The molecule has 0 radical (unpaired) electrons. The lowest BCUT2D eigenvalue weighted by Gasteiger charge is -2.43. The predicted octanol–water partition coefficient (Wildman–Crippen LogP) is 4.01. The van der Waals surface area contributed by atoms with Crippen LogP contribution >= 0.6 is 11.6 Å². The summed E-state index contributed by atoms with van der Waals surface area (Å²) in [5, 5.41) is 7.25. The summed E-state index contributed by atoms with van der Waals surface area (Å²) >= 11 is 6.14. The molecule has 4 nitrogen and oxygen atoms in total. The minimum absolute atomic E-state index is 0.0767. The van der Waals surface area contributed by atoms with E-state index >= 15 is 0 Å². The third kappa shape index (κ3) is 3.40. The van der Waals surface area contributed by atoms with Gasteiger partial charge in [0.15, 0.2) is 0 Å². The molecule has 0 aliphatic heterocycles. The number of halogens is 1. The van der Waals surface area contributed by atoms with Crippen LogP contribution in [0.1, 0.15) is 44.9 Å². The quantitative estimate of drug-likeness (QED) is 0.771. The van der Waals surface area contributed by atoms with Gasteiger partial charge in [0.05, 0.1) is 11.4 Å². The number of fused-ring (bicyclic) bond motifs is 2. The molecule has 0 saturated heterocycles. The lowest BCUT2D eigenvalue weighted by molar-refractivity contribution is -0.122. The molecule has 130 valence electrons. The predicted molar refractivity (Wildman–Crippen MR) is 98.3 cm³/mol. The van der Waals surface area contributed by atoms with Gasteiger partial charge in [0.1, 0.15) is 0 Å². The van der Waals surface area contributed by atoms with Gasteiger partial charge < -0.3 is 16.4 Å². The second-order valence-corrected chi connectivity index (χ2v) is 8.23. The average molecular weight is 348 g/mol. The molecule has 1 aromatic carbocycles. The number of rotatable bonds is 4. The van der Waals surface area contributed by atoms with E-state index in [1.165, 1.54) is 32.1 Å². The molecular formula is C19H26ClN3O. The highest BCUT2D eigenvalue weighted by molar-refractivity contribution is 6.31. The highest BCUT2D eigenvalue weighted by Gasteiger charge is 2.40. The molecule has 1 amide bonds. The Labute approximate surface area is 148 Å². The lowest BCUT2D eigenvalue weighted by Crippen LogP contribution is -2.48. The number of amides is 1. The Morgan fingerprint density at radius 3 is 2.46 bits per heavy atom. The number of hydrogen-bond donors (Lipinski definition) is 3. The van der Waals surface area contributed by atoms with Crippen LogP contribution in [0.5, 0.6) is 0 Å². The minimum atomic E-state index is 0.0767. The van der Waals surface area contributed by atoms with E-state index in [0.717, 1.165) is 24.2 Å². The van der Waals surface area contributed by atoms with Crippen molar-refractivity contribution in [1.82, 2.24) is 0 Å². The number of nitrogens with one attached hydrogen (secondary N) is 2. The normalized spacial score (nSPS) is 32.2. The molecule has 1 aromatic rings. The molecule has 0 spiro atoms. The van der Waals surface area contributed by atoms with E-state index in [-0.39, 0.29) is 11.8 Å². The molecule has 3 aliphatic carbocycles. The summed E-state index contributed by atoms with van der Waals surface area (Å²) in [5.41, 5.74) is 8.13. The zero-order chi connectivity index (χ0) is 16.7. The highest BCUT2D eigenvalue weighted by atomic mass is 35.5. The van der Waals surface area contributed by atoms with E-state index in [1.807, 2.05) is 18.2 Å². The Morgan fingerprint density at radius 1 is 1.08 bits per heavy atom. The van der Waals surface area contributed by atoms with Crippen LogP contribution in [0.2, 0.25) is 5.02 Å². The van der Waals surface area contributed by atoms with Crippen LogP contribution in [0.25, 0.3) is 0 Å². The number of anilines is 2. The second-order valence-electron chi connectivity index (χ2n) is 7.79. The highest BCUT2D eigenvalue weighted by Crippen LogP contribution is 2.42. The Bertz CT molecular complexity index is 617. The fourth-order valence-electron chi connectivity index (χ4n) is 4.43. The molecule has 2 bridgehead atoms. The zero-order valence-corrected chi connectivity index (χ0v) is 14.7. The Kier molecular flexibility index (Phi) is 4.44. The van der Waals surface area contributed by atoms with Gasteiger partial charge in [-0.2, -0.15) is 0 Å². The van der Waals surface area contributed by atoms with Crippen molar-refractivity contribution < 1.29 is 4.79 Å². The number of carbonyl (C=O) groups is 1. The molecule has 0 aromatic heterocycles. The summed E-state index contributed by atoms with van der Waals surface area (Å²) in [4.78, 5) is 12.8. The van der Waals surface area contributed by atoms with Gasteiger partial charge in [-0.3, -0.25) is 4.79 Å². The van der Waals surface area contributed by atoms with Crippen molar-refractivity contribution in [2.24, 2.45) is 23.5 Å². The van der Waals surface area contributed by atoms with Gasteiger partial charge in [-0.1, -0.05) is 18.0 Å². The Hall–Kier alpha value is -1.26. The average Bonchev–Trinajstić information content (AvgIpc) is 3.33. The molecule has 3 aliphatic rings. The van der Waals surface area contributed by atoms with Gasteiger partial charge in [-0.25, -0.2) is 0 Å². The Balaban J connectivity index is 1.47. The molecule has 2 atom stereocenters. The third-order valence-electron chi connectivity index (χ3n) is 5.96. The molecule has 0 heterocycles. The van der Waals surface area contributed by atoms with Crippen LogP contribution < -0.4 is 16.4 Å². The van der Waals surface area contributed by atoms with Crippen molar-refractivity contribution in [3.8, 4) is 0 Å². The summed E-state index contributed by atoms with van der Waals surface area (Å²) in [7, 11) is 0. The molecule has 24 heavy (non-hydrogen) atoms. The fraction of sp³-hybridized carbons (Fsp3) is 0.632. The maximum absolute atomic E-state index is 12.8. The number of nitrogens with two attached hydrogens (primary N) is 1. The van der Waals surface area contributed by atoms with E-state index in [2.05, 4.69) is 10.6 Å². The van der Waals surface area contributed by atoms with E-state index in [4.69, 9.17) is 17.3 Å². The largest absolute Gasteiger partial charge is 0.381 e. The number of hydrogen-bond acceptors (Lipinski definition) is 3. The summed E-state index contributed by atoms with van der Waals surface area (Å²) in [5.74, 6) is 1.22. The first kappa shape index (κ1) is 16.2. The smallest absolute Gasteiger partial charge is 0.227 e. The monoisotopic (exact) mass is 347 g/mol. The van der Waals surface area contributed by atoms with Crippen molar-refractivity contribution in [2.45, 2.75) is 57.0 Å². The second kappa shape index (κ2) is 6.57. The van der Waals surface area contributed by atoms with Crippen molar-refractivity contribution in [3.63, 3.8) is 0 Å². The van der Waals surface area contributed by atoms with Gasteiger partial charge >= 0.3 is 0 Å². The summed E-state index contributed by atoms with van der Waals surface area (Å²) in [6.07, 6.45) is 7.85. The minimum Gasteiger partial charge on any atom is -0.381 e. The van der Waals surface area contributed by atoms with Crippen LogP contribution in [0.4, 0.5) is 11.4 Å². The van der Waals surface area contributed by atoms with Crippen LogP contribution in [-0.4, -0.2) is 18.0 Å². The van der Waals surface area contributed by atoms with E-state index in [1.54, 1.807) is 0 Å². The topological polar surface area (TPSA) is 67.2 Å². The maximum atomic E-state index is 12.8. The van der Waals surface area contributed by atoms with Crippen molar-refractivity contribution in [1.29, 1.82) is 0 Å². The van der Waals surface area contributed by atoms with E-state index in [0.29, 0.717) is 28.9 Å². The van der Waals surface area contributed by atoms with Crippen LogP contribution in [0.3, 0.4) is 0 Å². The van der Waals surface area contributed by atoms with Gasteiger partial charge in [0.25, 0.3) is 0 Å². The number of benzene rings is 1. The Morgan fingerprint density at radius 2 is 1.79 bits per heavy atom. The van der Waals surface area contributed by atoms with E-state index < -0.39 is 0 Å². The SMILES string of the molecule is NC1C2CCCC1CC(C(=O)Nc1cc(Cl)ccc1NC1CC1)C2. The van der Waals surface area contributed by atoms with Gasteiger partial charge in [-0.05, 0) is 68.6 Å². The van der Waals surface area contributed by atoms with Crippen LogP contribution in [0.15, 0.2) is 18.2 Å². The molecule has 2 unspecified atom stereocenters. The van der Waals surface area contributed by atoms with E-state index in [9.17, 15) is 4.79 Å². The molecule has 3 fully saturated rings. The standard InChI is InChI=1S/C19H26ClN3O/c20-14-4-7-16(22-15-5-6-15)17(10-14)23-19(24)13-8-11-2-1-3-12(9-13)18(11)21/h4,7,10-13,15,18,22H,1-3,5-6,8-9,21H2,(H,23,24). The summed E-state index contributed by atoms with van der Waals surface area (Å²) in [6.45, 7) is 0. The van der Waals surface area contributed by atoms with Gasteiger partial charge in [0.2, 0.25) is 5.91 Å². The molecule has 5 heteroatoms. The molecule has 4 N–H and O–H groups in total. The molecule has 3 saturated carbocycles. The maximum Gasteiger partial charge on any atom is 0.227 e. The summed E-state index contributed by atoms with van der Waals surface area (Å²) < 4.78 is 0. The van der Waals surface area contributed by atoms with Crippen molar-refractivity contribution in [3.05, 3.63) is 23.2 Å². The van der Waals surface area contributed by atoms with Crippen molar-refractivity contribution >= 4 is 28.9 Å². The van der Waals surface area contributed by atoms with Crippen LogP contribution in [0, 0.1) is 17.8 Å². The third-order valence-corrected chi connectivity index (χ3v) is 6.20. The molecular weight excluding hydrogens is 322 g/mol. The van der Waals surface area contributed by atoms with Gasteiger partial charge in [-0.15, -0.1) is 0 Å². The fourth-order valence-corrected chi connectivity index (χ4v) is 4.60. The first-order valence-corrected chi connectivity index (χ1v) is 9.60. The lowest BCUT2D eigenvalue weighted by atomic mass is 9.65. The first-order chi connectivity index (χ1) is 11.6. The molecule has 4 rings (SSSR count). The first-order valence-electron chi connectivity index (χ1n) is 9.22. The zero-order valence-electron chi connectivity index (χ0n) is 13.9. The van der Waals surface area contributed by atoms with Crippen LogP contribution in [-0.2, 0) is 4.79 Å². The number of carbonyl (C=O) groups excluding carboxylic acids is 1. The van der Waals surface area contributed by atoms with Crippen molar-refractivity contribution in [2.75, 3.05) is 10.6 Å². The van der Waals surface area contributed by atoms with Gasteiger partial charge in [0, 0.05) is 23.0 Å².